The highest BCUT2D eigenvalue weighted by atomic mass is 79.9. The van der Waals surface area contributed by atoms with Crippen molar-refractivity contribution in [3.05, 3.63) is 29.3 Å². The lowest BCUT2D eigenvalue weighted by Gasteiger charge is -2.11. The first kappa shape index (κ1) is 13.6. The molecule has 0 saturated heterocycles. The maximum Gasteiger partial charge on any atom is 0.119 e. The molecule has 16 heavy (non-hydrogen) atoms. The number of hydrogen-bond acceptors (Lipinski definition) is 1. The topological polar surface area (TPSA) is 9.23 Å². The van der Waals surface area contributed by atoms with Gasteiger partial charge < -0.3 is 4.74 Å². The largest absolute Gasteiger partial charge is 0.494 e. The Morgan fingerprint density at radius 2 is 2.00 bits per heavy atom. The fourth-order valence-electron chi connectivity index (χ4n) is 1.74. The molecule has 0 unspecified atom stereocenters. The van der Waals surface area contributed by atoms with E-state index < -0.39 is 0 Å². The van der Waals surface area contributed by atoms with Crippen LogP contribution in [0, 0.1) is 0 Å². The second kappa shape index (κ2) is 7.72. The molecular weight excluding hydrogens is 264 g/mol. The molecule has 0 N–H and O–H groups in total. The summed E-state index contributed by atoms with van der Waals surface area (Å²) in [4.78, 5) is 0. The van der Waals surface area contributed by atoms with E-state index in [4.69, 9.17) is 4.74 Å². The monoisotopic (exact) mass is 284 g/mol. The zero-order chi connectivity index (χ0) is 11.8. The van der Waals surface area contributed by atoms with Gasteiger partial charge in [-0.3, -0.25) is 0 Å². The van der Waals surface area contributed by atoms with Gasteiger partial charge in [0.05, 0.1) is 6.61 Å². The van der Waals surface area contributed by atoms with Crippen molar-refractivity contribution in [1.82, 2.24) is 0 Å². The van der Waals surface area contributed by atoms with Crippen LogP contribution in [0.2, 0.25) is 0 Å². The molecule has 0 atom stereocenters. The van der Waals surface area contributed by atoms with E-state index in [0.29, 0.717) is 0 Å². The molecule has 1 aromatic carbocycles. The van der Waals surface area contributed by atoms with Crippen LogP contribution in [0.15, 0.2) is 18.2 Å². The molecule has 90 valence electrons. The van der Waals surface area contributed by atoms with Gasteiger partial charge in [0.15, 0.2) is 0 Å². The van der Waals surface area contributed by atoms with Crippen LogP contribution in [-0.4, -0.2) is 11.9 Å². The quantitative estimate of drug-likeness (QED) is 0.676. The van der Waals surface area contributed by atoms with Gasteiger partial charge in [0.25, 0.3) is 0 Å². The molecule has 0 aliphatic carbocycles. The summed E-state index contributed by atoms with van der Waals surface area (Å²) in [5.41, 5.74) is 2.89. The highest BCUT2D eigenvalue weighted by Gasteiger charge is 2.03. The van der Waals surface area contributed by atoms with E-state index >= 15 is 0 Å². The molecule has 1 rings (SSSR count). The molecule has 0 fully saturated rings. The Bertz CT molecular complexity index is 310. The third-order valence-electron chi connectivity index (χ3n) is 2.61. The fraction of sp³-hybridized carbons (Fsp3) is 0.571. The molecule has 1 aromatic rings. The number of ether oxygens (including phenoxy) is 1. The molecule has 0 amide bonds. The summed E-state index contributed by atoms with van der Waals surface area (Å²) in [6.45, 7) is 5.14. The lowest BCUT2D eigenvalue weighted by molar-refractivity contribution is 0.317. The van der Waals surface area contributed by atoms with Crippen molar-refractivity contribution in [2.45, 2.75) is 39.5 Å². The zero-order valence-corrected chi connectivity index (χ0v) is 11.8. The molecule has 0 bridgehead atoms. The Hall–Kier alpha value is -0.500. The second-order valence-electron chi connectivity index (χ2n) is 3.93. The molecule has 0 spiro atoms. The number of alkyl halides is 1. The Kier molecular flexibility index (Phi) is 6.55. The Morgan fingerprint density at radius 1 is 1.19 bits per heavy atom. The predicted molar refractivity (Wildman–Crippen MR) is 73.7 cm³/mol. The molecule has 2 heteroatoms. The van der Waals surface area contributed by atoms with Gasteiger partial charge in [0.1, 0.15) is 5.75 Å². The van der Waals surface area contributed by atoms with Crippen molar-refractivity contribution >= 4 is 15.9 Å². The Morgan fingerprint density at radius 3 is 2.62 bits per heavy atom. The van der Waals surface area contributed by atoms with Gasteiger partial charge in [-0.2, -0.15) is 0 Å². The summed E-state index contributed by atoms with van der Waals surface area (Å²) < 4.78 is 5.65. The number of halogens is 1. The summed E-state index contributed by atoms with van der Waals surface area (Å²) in [5, 5.41) is 1.07. The average molecular weight is 285 g/mol. The number of hydrogen-bond donors (Lipinski definition) is 0. The van der Waals surface area contributed by atoms with Crippen LogP contribution in [0.3, 0.4) is 0 Å². The van der Waals surface area contributed by atoms with Crippen molar-refractivity contribution in [1.29, 1.82) is 0 Å². The highest BCUT2D eigenvalue weighted by Crippen LogP contribution is 2.20. The van der Waals surface area contributed by atoms with E-state index in [9.17, 15) is 0 Å². The van der Waals surface area contributed by atoms with E-state index in [-0.39, 0.29) is 0 Å². The lowest BCUT2D eigenvalue weighted by atomic mass is 10.0. The molecule has 0 aromatic heterocycles. The van der Waals surface area contributed by atoms with Crippen LogP contribution in [0.5, 0.6) is 5.75 Å². The van der Waals surface area contributed by atoms with E-state index in [1.54, 1.807) is 0 Å². The van der Waals surface area contributed by atoms with Gasteiger partial charge in [-0.25, -0.2) is 0 Å². The molecule has 0 radical (unpaired) electrons. The molecule has 0 aliphatic rings. The number of aryl methyl sites for hydroxylation is 2. The Labute approximate surface area is 107 Å². The first-order valence-electron chi connectivity index (χ1n) is 6.12. The van der Waals surface area contributed by atoms with Crippen LogP contribution in [0.1, 0.15) is 37.8 Å². The van der Waals surface area contributed by atoms with Crippen molar-refractivity contribution in [2.24, 2.45) is 0 Å². The smallest absolute Gasteiger partial charge is 0.119 e. The standard InChI is InChI=1S/C14H21BrO/c1-3-10-16-14-8-7-13(6-5-9-15)12(4-2)11-14/h7-8,11H,3-6,9-10H2,1-2H3. The number of rotatable bonds is 7. The van der Waals surface area contributed by atoms with E-state index in [1.807, 2.05) is 0 Å². The van der Waals surface area contributed by atoms with Crippen LogP contribution < -0.4 is 4.74 Å². The van der Waals surface area contributed by atoms with Crippen LogP contribution in [0.4, 0.5) is 0 Å². The zero-order valence-electron chi connectivity index (χ0n) is 10.3. The maximum absolute atomic E-state index is 5.65. The Balaban J connectivity index is 2.71. The highest BCUT2D eigenvalue weighted by molar-refractivity contribution is 9.09. The minimum absolute atomic E-state index is 0.809. The first-order chi connectivity index (χ1) is 7.81. The van der Waals surface area contributed by atoms with Gasteiger partial charge >= 0.3 is 0 Å². The van der Waals surface area contributed by atoms with E-state index in [1.165, 1.54) is 17.5 Å². The van der Waals surface area contributed by atoms with Gasteiger partial charge in [0.2, 0.25) is 0 Å². The minimum atomic E-state index is 0.809. The van der Waals surface area contributed by atoms with Gasteiger partial charge in [0, 0.05) is 5.33 Å². The summed E-state index contributed by atoms with van der Waals surface area (Å²) >= 11 is 3.48. The summed E-state index contributed by atoms with van der Waals surface area (Å²) in [6, 6.07) is 6.50. The molecular formula is C14H21BrO. The van der Waals surface area contributed by atoms with Crippen molar-refractivity contribution < 1.29 is 4.74 Å². The molecule has 0 saturated carbocycles. The molecule has 1 nitrogen and oxygen atoms in total. The minimum Gasteiger partial charge on any atom is -0.494 e. The van der Waals surface area contributed by atoms with Crippen molar-refractivity contribution in [3.8, 4) is 5.75 Å². The predicted octanol–water partition coefficient (Wildman–Crippen LogP) is 4.37. The van der Waals surface area contributed by atoms with Crippen LogP contribution in [-0.2, 0) is 12.8 Å². The SMILES string of the molecule is CCCOc1ccc(CCCBr)c(CC)c1. The third-order valence-corrected chi connectivity index (χ3v) is 3.17. The van der Waals surface area contributed by atoms with E-state index in [2.05, 4.69) is 48.0 Å². The van der Waals surface area contributed by atoms with Gasteiger partial charge in [-0.05, 0) is 48.9 Å². The van der Waals surface area contributed by atoms with Crippen molar-refractivity contribution in [3.63, 3.8) is 0 Å². The second-order valence-corrected chi connectivity index (χ2v) is 4.72. The van der Waals surface area contributed by atoms with Crippen LogP contribution >= 0.6 is 15.9 Å². The molecule has 0 heterocycles. The summed E-state index contributed by atoms with van der Waals surface area (Å²) in [7, 11) is 0. The maximum atomic E-state index is 5.65. The van der Waals surface area contributed by atoms with Gasteiger partial charge in [-0.1, -0.05) is 35.8 Å². The van der Waals surface area contributed by atoms with E-state index in [0.717, 1.165) is 36.9 Å². The fourth-order valence-corrected chi connectivity index (χ4v) is 2.02. The lowest BCUT2D eigenvalue weighted by Crippen LogP contribution is -1.98. The average Bonchev–Trinajstić information content (AvgIpc) is 2.34. The van der Waals surface area contributed by atoms with Crippen molar-refractivity contribution in [2.75, 3.05) is 11.9 Å². The normalized spacial score (nSPS) is 10.4. The first-order valence-corrected chi connectivity index (χ1v) is 7.24. The third kappa shape index (κ3) is 4.17. The number of benzene rings is 1. The van der Waals surface area contributed by atoms with Crippen LogP contribution in [0.25, 0.3) is 0 Å². The summed E-state index contributed by atoms with van der Waals surface area (Å²) in [6.07, 6.45) is 4.50. The summed E-state index contributed by atoms with van der Waals surface area (Å²) in [5.74, 6) is 1.02. The van der Waals surface area contributed by atoms with Gasteiger partial charge in [-0.15, -0.1) is 0 Å². The molecule has 0 aliphatic heterocycles.